The summed E-state index contributed by atoms with van der Waals surface area (Å²) in [5, 5.41) is 12.2. The van der Waals surface area contributed by atoms with Crippen molar-refractivity contribution in [3.8, 4) is 5.69 Å². The van der Waals surface area contributed by atoms with Crippen LogP contribution in [0.4, 0.5) is 5.95 Å². The summed E-state index contributed by atoms with van der Waals surface area (Å²) >= 11 is 0. The average molecular weight is 333 g/mol. The third kappa shape index (κ3) is 2.73. The molecule has 0 spiro atoms. The van der Waals surface area contributed by atoms with E-state index >= 15 is 0 Å². The molecule has 0 aliphatic carbocycles. The molecule has 4 rings (SSSR count). The SMILES string of the molecule is Cc1ccc(-n2nnnc2N(C)Cc2nc3ccccc3n2C)cc1. The maximum Gasteiger partial charge on any atom is 0.250 e. The molecule has 126 valence electrons. The Kier molecular flexibility index (Phi) is 3.68. The van der Waals surface area contributed by atoms with E-state index < -0.39 is 0 Å². The van der Waals surface area contributed by atoms with E-state index in [0.717, 1.165) is 22.5 Å². The van der Waals surface area contributed by atoms with Crippen molar-refractivity contribution in [2.24, 2.45) is 7.05 Å². The lowest BCUT2D eigenvalue weighted by Crippen LogP contribution is -2.22. The number of imidazole rings is 1. The Morgan fingerprint density at radius 2 is 1.80 bits per heavy atom. The molecule has 0 aliphatic rings. The number of anilines is 1. The fraction of sp³-hybridized carbons (Fsp3) is 0.222. The van der Waals surface area contributed by atoms with Crippen molar-refractivity contribution >= 4 is 17.0 Å². The van der Waals surface area contributed by atoms with Gasteiger partial charge in [0.2, 0.25) is 0 Å². The van der Waals surface area contributed by atoms with E-state index in [-0.39, 0.29) is 0 Å². The third-order valence-electron chi connectivity index (χ3n) is 4.33. The first-order valence-electron chi connectivity index (χ1n) is 8.10. The summed E-state index contributed by atoms with van der Waals surface area (Å²) in [5.41, 5.74) is 4.24. The topological polar surface area (TPSA) is 64.7 Å². The molecule has 7 heteroatoms. The molecule has 4 aromatic rings. The summed E-state index contributed by atoms with van der Waals surface area (Å²) < 4.78 is 3.84. The number of benzene rings is 2. The Morgan fingerprint density at radius 1 is 1.04 bits per heavy atom. The zero-order valence-corrected chi connectivity index (χ0v) is 14.5. The molecule has 0 radical (unpaired) electrons. The molecule has 0 saturated heterocycles. The van der Waals surface area contributed by atoms with Crippen LogP contribution in [0.1, 0.15) is 11.4 Å². The highest BCUT2D eigenvalue weighted by molar-refractivity contribution is 5.75. The predicted molar refractivity (Wildman–Crippen MR) is 96.7 cm³/mol. The van der Waals surface area contributed by atoms with Crippen molar-refractivity contribution in [2.45, 2.75) is 13.5 Å². The van der Waals surface area contributed by atoms with Crippen molar-refractivity contribution in [1.82, 2.24) is 29.8 Å². The second kappa shape index (κ2) is 6.01. The Balaban J connectivity index is 1.65. The minimum absolute atomic E-state index is 0.609. The maximum absolute atomic E-state index is 4.72. The van der Waals surface area contributed by atoms with Gasteiger partial charge in [0.25, 0.3) is 5.95 Å². The predicted octanol–water partition coefficient (Wildman–Crippen LogP) is 2.49. The second-order valence-electron chi connectivity index (χ2n) is 6.16. The van der Waals surface area contributed by atoms with E-state index in [1.165, 1.54) is 5.56 Å². The summed E-state index contributed by atoms with van der Waals surface area (Å²) in [6.45, 7) is 2.67. The minimum atomic E-state index is 0.609. The highest BCUT2D eigenvalue weighted by Gasteiger charge is 2.16. The molecular weight excluding hydrogens is 314 g/mol. The number of rotatable bonds is 4. The number of aryl methyl sites for hydroxylation is 2. The highest BCUT2D eigenvalue weighted by atomic mass is 15.6. The van der Waals surface area contributed by atoms with Crippen LogP contribution in [0.25, 0.3) is 16.7 Å². The monoisotopic (exact) mass is 333 g/mol. The van der Waals surface area contributed by atoms with E-state index in [0.29, 0.717) is 12.5 Å². The van der Waals surface area contributed by atoms with Crippen LogP contribution in [0.3, 0.4) is 0 Å². The average Bonchev–Trinajstić information content (AvgIpc) is 3.22. The van der Waals surface area contributed by atoms with Crippen molar-refractivity contribution in [1.29, 1.82) is 0 Å². The lowest BCUT2D eigenvalue weighted by Gasteiger charge is -2.17. The number of nitrogens with zero attached hydrogens (tertiary/aromatic N) is 7. The van der Waals surface area contributed by atoms with E-state index in [1.807, 2.05) is 61.5 Å². The quantitative estimate of drug-likeness (QED) is 0.574. The molecule has 0 N–H and O–H groups in total. The zero-order valence-electron chi connectivity index (χ0n) is 14.5. The van der Waals surface area contributed by atoms with Crippen LogP contribution in [-0.2, 0) is 13.6 Å². The summed E-state index contributed by atoms with van der Waals surface area (Å²) in [7, 11) is 4.00. The van der Waals surface area contributed by atoms with E-state index in [2.05, 4.69) is 33.1 Å². The molecule has 2 aromatic heterocycles. The van der Waals surface area contributed by atoms with Crippen LogP contribution in [0.2, 0.25) is 0 Å². The van der Waals surface area contributed by atoms with Gasteiger partial charge in [-0.1, -0.05) is 34.9 Å². The van der Waals surface area contributed by atoms with Gasteiger partial charge in [0.15, 0.2) is 0 Å². The summed E-state index contributed by atoms with van der Waals surface area (Å²) in [4.78, 5) is 6.72. The van der Waals surface area contributed by atoms with Crippen LogP contribution in [0, 0.1) is 6.92 Å². The van der Waals surface area contributed by atoms with E-state index in [4.69, 9.17) is 4.98 Å². The Hall–Kier alpha value is -3.22. The van der Waals surface area contributed by atoms with Crippen LogP contribution in [0.15, 0.2) is 48.5 Å². The molecule has 0 amide bonds. The number of aromatic nitrogens is 6. The first-order valence-corrected chi connectivity index (χ1v) is 8.10. The molecule has 0 unspecified atom stereocenters. The number of hydrogen-bond acceptors (Lipinski definition) is 5. The Bertz CT molecular complexity index is 1010. The van der Waals surface area contributed by atoms with Crippen LogP contribution in [0.5, 0.6) is 0 Å². The molecule has 0 saturated carbocycles. The highest BCUT2D eigenvalue weighted by Crippen LogP contribution is 2.19. The number of fused-ring (bicyclic) bond motifs is 1. The van der Waals surface area contributed by atoms with Gasteiger partial charge in [-0.3, -0.25) is 0 Å². The third-order valence-corrected chi connectivity index (χ3v) is 4.33. The summed E-state index contributed by atoms with van der Waals surface area (Å²) in [5.74, 6) is 1.64. The molecule has 0 atom stereocenters. The lowest BCUT2D eigenvalue weighted by molar-refractivity contribution is 0.736. The van der Waals surface area contributed by atoms with E-state index in [1.54, 1.807) is 4.68 Å². The van der Waals surface area contributed by atoms with Gasteiger partial charge in [-0.15, -0.1) is 0 Å². The smallest absolute Gasteiger partial charge is 0.250 e. The zero-order chi connectivity index (χ0) is 17.4. The van der Waals surface area contributed by atoms with Gasteiger partial charge in [-0.05, 0) is 41.6 Å². The fourth-order valence-electron chi connectivity index (χ4n) is 2.89. The van der Waals surface area contributed by atoms with Gasteiger partial charge in [-0.25, -0.2) is 4.98 Å². The molecule has 0 bridgehead atoms. The molecule has 2 heterocycles. The standard InChI is InChI=1S/C18H19N7/c1-13-8-10-14(11-9-13)25-18(20-21-22-25)23(2)12-17-19-15-6-4-5-7-16(15)24(17)3/h4-11H,12H2,1-3H3. The summed E-state index contributed by atoms with van der Waals surface area (Å²) in [6.07, 6.45) is 0. The van der Waals surface area contributed by atoms with Crippen LogP contribution < -0.4 is 4.90 Å². The van der Waals surface area contributed by atoms with Gasteiger partial charge in [-0.2, -0.15) is 4.68 Å². The van der Waals surface area contributed by atoms with Crippen molar-refractivity contribution in [3.63, 3.8) is 0 Å². The minimum Gasteiger partial charge on any atom is -0.335 e. The first-order chi connectivity index (χ1) is 12.1. The van der Waals surface area contributed by atoms with Crippen molar-refractivity contribution in [2.75, 3.05) is 11.9 Å². The lowest BCUT2D eigenvalue weighted by atomic mass is 10.2. The van der Waals surface area contributed by atoms with Crippen molar-refractivity contribution in [3.05, 3.63) is 59.9 Å². The van der Waals surface area contributed by atoms with E-state index in [9.17, 15) is 0 Å². The number of hydrogen-bond donors (Lipinski definition) is 0. The molecule has 7 nitrogen and oxygen atoms in total. The molecule has 2 aromatic carbocycles. The van der Waals surface area contributed by atoms with Crippen LogP contribution in [-0.4, -0.2) is 36.8 Å². The Morgan fingerprint density at radius 3 is 2.56 bits per heavy atom. The van der Waals surface area contributed by atoms with Gasteiger partial charge in [0.05, 0.1) is 23.3 Å². The molecule has 0 fully saturated rings. The summed E-state index contributed by atoms with van der Waals surface area (Å²) in [6, 6.07) is 16.2. The van der Waals surface area contributed by atoms with Gasteiger partial charge in [0.1, 0.15) is 5.82 Å². The second-order valence-corrected chi connectivity index (χ2v) is 6.16. The first kappa shape index (κ1) is 15.3. The molecular formula is C18H19N7. The van der Waals surface area contributed by atoms with Gasteiger partial charge in [0, 0.05) is 14.1 Å². The number of para-hydroxylation sites is 2. The molecule has 0 aliphatic heterocycles. The van der Waals surface area contributed by atoms with Gasteiger partial charge < -0.3 is 9.47 Å². The largest absolute Gasteiger partial charge is 0.335 e. The normalized spacial score (nSPS) is 11.2. The van der Waals surface area contributed by atoms with Crippen molar-refractivity contribution < 1.29 is 0 Å². The van der Waals surface area contributed by atoms with Crippen LogP contribution >= 0.6 is 0 Å². The number of tetrazole rings is 1. The maximum atomic E-state index is 4.72. The van der Waals surface area contributed by atoms with Gasteiger partial charge >= 0.3 is 0 Å². The fourth-order valence-corrected chi connectivity index (χ4v) is 2.89. The Labute approximate surface area is 145 Å². The molecule has 25 heavy (non-hydrogen) atoms.